The maximum atomic E-state index is 11.3. The van der Waals surface area contributed by atoms with E-state index in [1.165, 1.54) is 0 Å². The number of pyridine rings is 1. The molecular weight excluding hydrogens is 218 g/mol. The van der Waals surface area contributed by atoms with E-state index in [2.05, 4.69) is 15.2 Å². The average Bonchev–Trinajstić information content (AvgIpc) is 2.40. The van der Waals surface area contributed by atoms with Crippen LogP contribution in [0.3, 0.4) is 0 Å². The first-order chi connectivity index (χ1) is 8.31. The number of rotatable bonds is 3. The Hall–Kier alpha value is -1.62. The van der Waals surface area contributed by atoms with E-state index in [-0.39, 0.29) is 5.97 Å². The maximum Gasteiger partial charge on any atom is 0.311 e. The first-order valence-electron chi connectivity index (χ1n) is 5.92. The van der Waals surface area contributed by atoms with Gasteiger partial charge >= 0.3 is 5.97 Å². The molecule has 0 atom stereocenters. The Bertz CT molecular complexity index is 389. The van der Waals surface area contributed by atoms with Gasteiger partial charge in [0, 0.05) is 38.8 Å². The monoisotopic (exact) mass is 235 g/mol. The number of anilines is 1. The Morgan fingerprint density at radius 2 is 2.29 bits per heavy atom. The van der Waals surface area contributed by atoms with Crippen LogP contribution >= 0.6 is 0 Å². The summed E-state index contributed by atoms with van der Waals surface area (Å²) < 4.78 is 5.28. The maximum absolute atomic E-state index is 11.3. The zero-order valence-electron chi connectivity index (χ0n) is 9.98. The van der Waals surface area contributed by atoms with Gasteiger partial charge in [-0.15, -0.1) is 0 Å². The standard InChI is InChI=1S/C12H17N3O2/c1-2-11(16)17-10-4-3-5-14-12(10)15-8-6-13-7-9-15/h3-5,13H,2,6-9H2,1H3. The van der Waals surface area contributed by atoms with Crippen molar-refractivity contribution in [1.82, 2.24) is 10.3 Å². The lowest BCUT2D eigenvalue weighted by atomic mass is 10.3. The molecule has 5 heteroatoms. The van der Waals surface area contributed by atoms with Crippen molar-refractivity contribution in [2.45, 2.75) is 13.3 Å². The Kier molecular flexibility index (Phi) is 3.93. The molecule has 0 spiro atoms. The van der Waals surface area contributed by atoms with Gasteiger partial charge in [-0.25, -0.2) is 4.98 Å². The van der Waals surface area contributed by atoms with Gasteiger partial charge in [-0.2, -0.15) is 0 Å². The molecule has 2 rings (SSSR count). The Morgan fingerprint density at radius 1 is 1.53 bits per heavy atom. The number of nitrogens with one attached hydrogen (secondary N) is 1. The lowest BCUT2D eigenvalue weighted by Gasteiger charge is -2.29. The summed E-state index contributed by atoms with van der Waals surface area (Å²) in [6.07, 6.45) is 2.09. The quantitative estimate of drug-likeness (QED) is 0.786. The molecule has 5 nitrogen and oxygen atoms in total. The van der Waals surface area contributed by atoms with Crippen molar-refractivity contribution >= 4 is 11.8 Å². The number of esters is 1. The summed E-state index contributed by atoms with van der Waals surface area (Å²) in [5.74, 6) is 1.09. The minimum atomic E-state index is -0.227. The summed E-state index contributed by atoms with van der Waals surface area (Å²) in [4.78, 5) is 17.8. The zero-order chi connectivity index (χ0) is 12.1. The Morgan fingerprint density at radius 3 is 3.00 bits per heavy atom. The first kappa shape index (κ1) is 11.9. The smallest absolute Gasteiger partial charge is 0.311 e. The lowest BCUT2D eigenvalue weighted by Crippen LogP contribution is -2.44. The molecule has 1 saturated heterocycles. The van der Waals surface area contributed by atoms with Crippen LogP contribution in [0.5, 0.6) is 5.75 Å². The molecular formula is C12H17N3O2. The van der Waals surface area contributed by atoms with Gasteiger partial charge in [0.25, 0.3) is 0 Å². The number of piperazine rings is 1. The van der Waals surface area contributed by atoms with Crippen LogP contribution in [-0.4, -0.2) is 37.1 Å². The predicted octanol–water partition coefficient (Wildman–Crippen LogP) is 0.807. The van der Waals surface area contributed by atoms with Crippen LogP contribution in [0.15, 0.2) is 18.3 Å². The average molecular weight is 235 g/mol. The third kappa shape index (κ3) is 2.94. The summed E-state index contributed by atoms with van der Waals surface area (Å²) in [5, 5.41) is 3.28. The third-order valence-corrected chi connectivity index (χ3v) is 2.68. The van der Waals surface area contributed by atoms with Gasteiger partial charge in [-0.05, 0) is 12.1 Å². The molecule has 92 valence electrons. The highest BCUT2D eigenvalue weighted by Crippen LogP contribution is 2.25. The van der Waals surface area contributed by atoms with Crippen LogP contribution in [0.4, 0.5) is 5.82 Å². The van der Waals surface area contributed by atoms with Gasteiger partial charge < -0.3 is 15.0 Å². The summed E-state index contributed by atoms with van der Waals surface area (Å²) in [6.45, 7) is 5.40. The molecule has 0 radical (unpaired) electrons. The van der Waals surface area contributed by atoms with Gasteiger partial charge in [-0.3, -0.25) is 4.79 Å². The van der Waals surface area contributed by atoms with Gasteiger partial charge in [0.15, 0.2) is 11.6 Å². The zero-order valence-corrected chi connectivity index (χ0v) is 9.98. The van der Waals surface area contributed by atoms with Crippen LogP contribution in [0.1, 0.15) is 13.3 Å². The minimum Gasteiger partial charge on any atom is -0.423 e. The van der Waals surface area contributed by atoms with E-state index in [1.54, 1.807) is 25.3 Å². The molecule has 1 aliphatic heterocycles. The van der Waals surface area contributed by atoms with Crippen LogP contribution < -0.4 is 15.0 Å². The topological polar surface area (TPSA) is 54.5 Å². The molecule has 0 amide bonds. The van der Waals surface area contributed by atoms with Crippen molar-refractivity contribution in [2.75, 3.05) is 31.1 Å². The number of hydrogen-bond acceptors (Lipinski definition) is 5. The van der Waals surface area contributed by atoms with Crippen molar-refractivity contribution in [1.29, 1.82) is 0 Å². The van der Waals surface area contributed by atoms with Crippen LogP contribution in [0.2, 0.25) is 0 Å². The molecule has 0 saturated carbocycles. The second-order valence-corrected chi connectivity index (χ2v) is 3.89. The van der Waals surface area contributed by atoms with Gasteiger partial charge in [0.2, 0.25) is 0 Å². The summed E-state index contributed by atoms with van der Waals surface area (Å²) in [6, 6.07) is 3.57. The summed E-state index contributed by atoms with van der Waals surface area (Å²) in [7, 11) is 0. The predicted molar refractivity (Wildman–Crippen MR) is 65.2 cm³/mol. The van der Waals surface area contributed by atoms with E-state index in [1.807, 2.05) is 0 Å². The normalized spacial score (nSPS) is 15.7. The van der Waals surface area contributed by atoms with Crippen LogP contribution in [0, 0.1) is 0 Å². The van der Waals surface area contributed by atoms with Gasteiger partial charge in [-0.1, -0.05) is 6.92 Å². The number of carbonyl (C=O) groups excluding carboxylic acids is 1. The number of carbonyl (C=O) groups is 1. The third-order valence-electron chi connectivity index (χ3n) is 2.68. The van der Waals surface area contributed by atoms with Crippen molar-refractivity contribution in [3.05, 3.63) is 18.3 Å². The molecule has 17 heavy (non-hydrogen) atoms. The molecule has 1 aromatic heterocycles. The molecule has 0 unspecified atom stereocenters. The fourth-order valence-corrected chi connectivity index (χ4v) is 1.77. The number of nitrogens with zero attached hydrogens (tertiary/aromatic N) is 2. The van der Waals surface area contributed by atoms with E-state index in [9.17, 15) is 4.79 Å². The SMILES string of the molecule is CCC(=O)Oc1cccnc1N1CCNCC1. The molecule has 0 aromatic carbocycles. The minimum absolute atomic E-state index is 0.227. The molecule has 2 heterocycles. The number of hydrogen-bond donors (Lipinski definition) is 1. The second kappa shape index (κ2) is 5.63. The Balaban J connectivity index is 2.17. The summed E-state index contributed by atoms with van der Waals surface area (Å²) >= 11 is 0. The molecule has 1 aliphatic rings. The van der Waals surface area contributed by atoms with E-state index in [0.29, 0.717) is 12.2 Å². The van der Waals surface area contributed by atoms with E-state index >= 15 is 0 Å². The largest absolute Gasteiger partial charge is 0.423 e. The second-order valence-electron chi connectivity index (χ2n) is 3.89. The van der Waals surface area contributed by atoms with Crippen LogP contribution in [-0.2, 0) is 4.79 Å². The number of aromatic nitrogens is 1. The number of ether oxygens (including phenoxy) is 1. The van der Waals surface area contributed by atoms with E-state index in [0.717, 1.165) is 32.0 Å². The van der Waals surface area contributed by atoms with Gasteiger partial charge in [0.05, 0.1) is 0 Å². The Labute approximate surface area is 101 Å². The van der Waals surface area contributed by atoms with Crippen molar-refractivity contribution in [3.63, 3.8) is 0 Å². The highest BCUT2D eigenvalue weighted by Gasteiger charge is 2.17. The molecule has 0 aliphatic carbocycles. The molecule has 1 N–H and O–H groups in total. The first-order valence-corrected chi connectivity index (χ1v) is 5.92. The summed E-state index contributed by atoms with van der Waals surface area (Å²) in [5.41, 5.74) is 0. The van der Waals surface area contributed by atoms with E-state index < -0.39 is 0 Å². The molecule has 1 fully saturated rings. The van der Waals surface area contributed by atoms with Crippen molar-refractivity contribution in [2.24, 2.45) is 0 Å². The van der Waals surface area contributed by atoms with Crippen LogP contribution in [0.25, 0.3) is 0 Å². The van der Waals surface area contributed by atoms with Crippen molar-refractivity contribution in [3.8, 4) is 5.75 Å². The van der Waals surface area contributed by atoms with Crippen molar-refractivity contribution < 1.29 is 9.53 Å². The highest BCUT2D eigenvalue weighted by atomic mass is 16.5. The fourth-order valence-electron chi connectivity index (χ4n) is 1.77. The lowest BCUT2D eigenvalue weighted by molar-refractivity contribution is -0.134. The highest BCUT2D eigenvalue weighted by molar-refractivity contribution is 5.74. The van der Waals surface area contributed by atoms with Gasteiger partial charge in [0.1, 0.15) is 0 Å². The fraction of sp³-hybridized carbons (Fsp3) is 0.500. The molecule has 1 aromatic rings. The van der Waals surface area contributed by atoms with E-state index in [4.69, 9.17) is 4.74 Å². The molecule has 0 bridgehead atoms.